The zero-order valence-electron chi connectivity index (χ0n) is 21.8. The fraction of sp³-hybridized carbons (Fsp3) is 0.739. The van der Waals surface area contributed by atoms with Crippen molar-refractivity contribution in [2.75, 3.05) is 12.3 Å². The number of hydrogen-bond donors (Lipinski definition) is 1. The number of halogens is 2. The van der Waals surface area contributed by atoms with Crippen LogP contribution in [-0.2, 0) is 17.7 Å². The van der Waals surface area contributed by atoms with E-state index in [1.165, 1.54) is 0 Å². The molecule has 0 aromatic carbocycles. The summed E-state index contributed by atoms with van der Waals surface area (Å²) in [6, 6.07) is 0. The zero-order valence-corrected chi connectivity index (χ0v) is 26.8. The van der Waals surface area contributed by atoms with Crippen LogP contribution in [0.2, 0.25) is 27.3 Å². The Labute approximate surface area is 229 Å². The fourth-order valence-electron chi connectivity index (χ4n) is 5.60. The molecule has 0 radical (unpaired) electrons. The highest BCUT2D eigenvalue weighted by atomic mass is 127. The molecule has 0 amide bonds. The summed E-state index contributed by atoms with van der Waals surface area (Å²) in [6.07, 6.45) is 2.08. The molecule has 2 aliphatic rings. The lowest BCUT2D eigenvalue weighted by Crippen LogP contribution is -2.65. The van der Waals surface area contributed by atoms with Crippen LogP contribution in [0.15, 0.2) is 6.20 Å². The smallest absolute Gasteiger partial charge is 0.335 e. The molecule has 2 fully saturated rings. The number of fused-ring (bicyclic) bond motifs is 2. The Balaban J connectivity index is 1.76. The second-order valence-corrected chi connectivity index (χ2v) is 21.3. The average Bonchev–Trinajstić information content (AvgIpc) is 3.27. The maximum atomic E-state index is 7.28. The lowest BCUT2D eigenvalue weighted by Gasteiger charge is -2.51. The monoisotopic (exact) mass is 652 g/mol. The Kier molecular flexibility index (Phi) is 8.02. The molecule has 0 saturated carbocycles. The van der Waals surface area contributed by atoms with Crippen molar-refractivity contribution in [3.63, 3.8) is 0 Å². The molecule has 0 spiro atoms. The zero-order chi connectivity index (χ0) is 25.9. The van der Waals surface area contributed by atoms with Crippen molar-refractivity contribution in [1.82, 2.24) is 14.5 Å². The van der Waals surface area contributed by atoms with Crippen LogP contribution in [0.5, 0.6) is 0 Å². The topological polar surface area (TPSA) is 93.7 Å². The van der Waals surface area contributed by atoms with Gasteiger partial charge >= 0.3 is 17.1 Å². The number of hydrogen-bond acceptors (Lipinski definition) is 7. The van der Waals surface area contributed by atoms with Gasteiger partial charge in [0.05, 0.1) is 18.1 Å². The van der Waals surface area contributed by atoms with E-state index in [1.807, 2.05) is 10.8 Å². The maximum absolute atomic E-state index is 7.28. The number of nitrogen functional groups attached to an aromatic ring is 1. The highest BCUT2D eigenvalue weighted by Gasteiger charge is 2.60. The van der Waals surface area contributed by atoms with Crippen LogP contribution in [0.4, 0.5) is 5.95 Å². The van der Waals surface area contributed by atoms with E-state index in [0.29, 0.717) is 34.9 Å². The van der Waals surface area contributed by atoms with Gasteiger partial charge in [0.15, 0.2) is 0 Å². The van der Waals surface area contributed by atoms with Crippen LogP contribution in [0.3, 0.4) is 0 Å². The Morgan fingerprint density at radius 1 is 1.00 bits per heavy atom. The van der Waals surface area contributed by atoms with Crippen LogP contribution in [0, 0.1) is 3.57 Å². The molecule has 0 unspecified atom stereocenters. The summed E-state index contributed by atoms with van der Waals surface area (Å²) in [7, 11) is -5.29. The van der Waals surface area contributed by atoms with Gasteiger partial charge in [0.25, 0.3) is 0 Å². The Morgan fingerprint density at radius 3 is 2.17 bits per heavy atom. The first kappa shape index (κ1) is 27.7. The summed E-state index contributed by atoms with van der Waals surface area (Å²) in [4.78, 5) is 8.62. The van der Waals surface area contributed by atoms with Crippen LogP contribution >= 0.6 is 34.2 Å². The molecule has 3 atom stereocenters. The van der Waals surface area contributed by atoms with E-state index in [0.717, 1.165) is 8.96 Å². The number of ether oxygens (including phenoxy) is 1. The highest BCUT2D eigenvalue weighted by molar-refractivity contribution is 14.1. The Hall–Kier alpha value is -0.286. The second kappa shape index (κ2) is 10.1. The van der Waals surface area contributed by atoms with Crippen molar-refractivity contribution >= 4 is 68.3 Å². The van der Waals surface area contributed by atoms with Crippen molar-refractivity contribution in [3.8, 4) is 0 Å². The largest absolute Gasteiger partial charge is 0.414 e. The summed E-state index contributed by atoms with van der Waals surface area (Å²) in [5.74, 6) is 0.144. The molecule has 35 heavy (non-hydrogen) atoms. The van der Waals surface area contributed by atoms with Gasteiger partial charge in [-0.25, -0.2) is 4.98 Å². The summed E-state index contributed by atoms with van der Waals surface area (Å²) in [5, 5.41) is 1.14. The van der Waals surface area contributed by atoms with E-state index in [2.05, 4.69) is 87.9 Å². The van der Waals surface area contributed by atoms with E-state index in [-0.39, 0.29) is 35.5 Å². The molecule has 2 aromatic heterocycles. The number of rotatable bonds is 5. The van der Waals surface area contributed by atoms with Crippen molar-refractivity contribution < 1.29 is 17.7 Å². The minimum absolute atomic E-state index is 0.132. The Morgan fingerprint density at radius 2 is 1.60 bits per heavy atom. The van der Waals surface area contributed by atoms with Crippen molar-refractivity contribution in [1.29, 1.82) is 0 Å². The van der Waals surface area contributed by atoms with Crippen molar-refractivity contribution in [2.45, 2.75) is 102 Å². The van der Waals surface area contributed by atoms with E-state index >= 15 is 0 Å². The quantitative estimate of drug-likeness (QED) is 0.223. The van der Waals surface area contributed by atoms with Gasteiger partial charge in [-0.1, -0.05) is 67.0 Å². The van der Waals surface area contributed by atoms with Crippen LogP contribution < -0.4 is 5.73 Å². The van der Waals surface area contributed by atoms with Crippen LogP contribution in [-0.4, -0.2) is 50.5 Å². The third kappa shape index (κ3) is 4.72. The summed E-state index contributed by atoms with van der Waals surface area (Å²) >= 11 is 8.66. The third-order valence-corrected chi connectivity index (χ3v) is 18.8. The molecule has 12 heteroatoms. The first-order valence-corrected chi connectivity index (χ1v) is 17.9. The summed E-state index contributed by atoms with van der Waals surface area (Å²) < 4.78 is 30.9. The van der Waals surface area contributed by atoms with Crippen LogP contribution in [0.1, 0.15) is 68.0 Å². The van der Waals surface area contributed by atoms with Gasteiger partial charge in [-0.05, 0) is 44.8 Å². The summed E-state index contributed by atoms with van der Waals surface area (Å²) in [5.41, 5.74) is 7.74. The van der Waals surface area contributed by atoms with E-state index in [1.54, 1.807) is 0 Å². The van der Waals surface area contributed by atoms with Gasteiger partial charge in [0, 0.05) is 16.2 Å². The molecule has 2 saturated heterocycles. The SMILES string of the molecule is CC(C)[Si]1(C(C)C)OC[C@H]2O[C@@H](n3cc(I)c4c(Cl)nc(N)nc43)C[C@H]2O[Si](C(C)C)(C(C)C)O1. The molecule has 196 valence electrons. The highest BCUT2D eigenvalue weighted by Crippen LogP contribution is 2.48. The first-order chi connectivity index (χ1) is 16.3. The molecule has 8 nitrogen and oxygen atoms in total. The number of aromatic nitrogens is 3. The molecule has 0 bridgehead atoms. The maximum Gasteiger partial charge on any atom is 0.335 e. The molecule has 2 aliphatic heterocycles. The first-order valence-electron chi connectivity index (χ1n) is 12.5. The summed E-state index contributed by atoms with van der Waals surface area (Å²) in [6.45, 7) is 18.3. The van der Waals surface area contributed by atoms with Gasteiger partial charge in [0.2, 0.25) is 5.95 Å². The number of nitrogens with two attached hydrogens (primary N) is 1. The molecular weight excluding hydrogens is 615 g/mol. The molecule has 4 heterocycles. The van der Waals surface area contributed by atoms with Crippen molar-refractivity contribution in [3.05, 3.63) is 14.9 Å². The van der Waals surface area contributed by atoms with Gasteiger partial charge in [0.1, 0.15) is 23.1 Å². The minimum atomic E-state index is -2.68. The van der Waals surface area contributed by atoms with Gasteiger partial charge < -0.3 is 28.0 Å². The normalized spacial score (nSPS) is 26.6. The predicted octanol–water partition coefficient (Wildman–Crippen LogP) is 6.52. The minimum Gasteiger partial charge on any atom is -0.414 e. The average molecular weight is 653 g/mol. The molecule has 4 rings (SSSR count). The second-order valence-electron chi connectivity index (χ2n) is 11.0. The third-order valence-electron chi connectivity index (χ3n) is 7.44. The lowest BCUT2D eigenvalue weighted by molar-refractivity contribution is -0.0543. The predicted molar refractivity (Wildman–Crippen MR) is 152 cm³/mol. The fourth-order valence-corrected chi connectivity index (χ4v) is 18.1. The van der Waals surface area contributed by atoms with Gasteiger partial charge in [-0.3, -0.25) is 0 Å². The lowest BCUT2D eigenvalue weighted by atomic mass is 10.2. The Bertz CT molecular complexity index is 1070. The molecule has 2 aromatic rings. The molecular formula is C23H38ClIN4O4Si2. The molecule has 2 N–H and O–H groups in total. The van der Waals surface area contributed by atoms with E-state index < -0.39 is 17.1 Å². The number of anilines is 1. The van der Waals surface area contributed by atoms with E-state index in [4.69, 9.17) is 35.0 Å². The van der Waals surface area contributed by atoms with E-state index in [9.17, 15) is 0 Å². The molecule has 0 aliphatic carbocycles. The standard InChI is InChI=1S/C23H38ClIN4O4Si2/c1-12(2)34(13(3)4)30-11-18-17(32-35(33-34,14(5)6)15(7)8)9-19(31-18)29-10-16(25)20-21(24)27-23(26)28-22(20)29/h10,12-15,17-19H,9,11H2,1-8H3,(H2,26,27,28)/t17-,18-,19-/m1/s1. The van der Waals surface area contributed by atoms with Crippen LogP contribution in [0.25, 0.3) is 11.0 Å². The van der Waals surface area contributed by atoms with Crippen molar-refractivity contribution in [2.24, 2.45) is 0 Å². The van der Waals surface area contributed by atoms with Gasteiger partial charge in [-0.2, -0.15) is 4.98 Å². The number of nitrogens with zero attached hydrogens (tertiary/aromatic N) is 3. The van der Waals surface area contributed by atoms with Gasteiger partial charge in [-0.15, -0.1) is 0 Å².